The number of rotatable bonds is 6. The number of non-ortho nitro benzene ring substituents is 1. The van der Waals surface area contributed by atoms with E-state index in [0.29, 0.717) is 0 Å². The Morgan fingerprint density at radius 3 is 2.33 bits per heavy atom. The number of carbonyl (C=O) groups excluding carboxylic acids is 1. The van der Waals surface area contributed by atoms with E-state index in [1.165, 1.54) is 42.5 Å². The van der Waals surface area contributed by atoms with Crippen molar-refractivity contribution in [2.45, 2.75) is 6.61 Å². The highest BCUT2D eigenvalue weighted by atomic mass is 16.7. The first-order valence-electron chi connectivity index (χ1n) is 7.90. The lowest BCUT2D eigenvalue weighted by molar-refractivity contribution is -0.384. The second kappa shape index (κ2) is 7.96. The molecule has 3 rings (SSSR count). The predicted octanol–water partition coefficient (Wildman–Crippen LogP) is 2.60. The lowest BCUT2D eigenvalue weighted by Crippen LogP contribution is -2.32. The predicted molar refractivity (Wildman–Crippen MR) is 95.5 cm³/mol. The van der Waals surface area contributed by atoms with Gasteiger partial charge in [0.15, 0.2) is 5.69 Å². The SMILES string of the molecule is O=C(Oc1ccc([N+](=O)[O-])cc1)c1cccc(=O)n1OCc1ccccc1. The van der Waals surface area contributed by atoms with Crippen LogP contribution in [0.15, 0.2) is 77.6 Å². The van der Waals surface area contributed by atoms with Crippen molar-refractivity contribution in [1.82, 2.24) is 4.73 Å². The fourth-order valence-electron chi connectivity index (χ4n) is 2.27. The number of hydrogen-bond donors (Lipinski definition) is 0. The van der Waals surface area contributed by atoms with Crippen LogP contribution < -0.4 is 15.1 Å². The Bertz CT molecular complexity index is 1010. The van der Waals surface area contributed by atoms with Gasteiger partial charge in [0, 0.05) is 18.2 Å². The molecule has 0 amide bonds. The molecule has 2 aromatic carbocycles. The van der Waals surface area contributed by atoms with Gasteiger partial charge in [-0.15, -0.1) is 4.73 Å². The summed E-state index contributed by atoms with van der Waals surface area (Å²) in [5, 5.41) is 10.7. The summed E-state index contributed by atoms with van der Waals surface area (Å²) in [6.45, 7) is 0.0859. The summed E-state index contributed by atoms with van der Waals surface area (Å²) < 4.78 is 6.04. The maximum Gasteiger partial charge on any atom is 0.363 e. The summed E-state index contributed by atoms with van der Waals surface area (Å²) in [6.07, 6.45) is 0. The minimum atomic E-state index is -0.824. The van der Waals surface area contributed by atoms with E-state index in [2.05, 4.69) is 0 Å². The minimum Gasteiger partial charge on any atom is -0.422 e. The van der Waals surface area contributed by atoms with E-state index in [9.17, 15) is 19.7 Å². The number of ether oxygens (including phenoxy) is 1. The average molecular weight is 366 g/mol. The topological polar surface area (TPSA) is 101 Å². The maximum absolute atomic E-state index is 12.4. The van der Waals surface area contributed by atoms with Crippen molar-refractivity contribution in [3.05, 3.63) is 105 Å². The second-order valence-electron chi connectivity index (χ2n) is 5.44. The quantitative estimate of drug-likeness (QED) is 0.288. The van der Waals surface area contributed by atoms with Crippen molar-refractivity contribution in [1.29, 1.82) is 0 Å². The smallest absolute Gasteiger partial charge is 0.363 e. The lowest BCUT2D eigenvalue weighted by Gasteiger charge is -2.13. The van der Waals surface area contributed by atoms with Gasteiger partial charge in [0.05, 0.1) is 4.92 Å². The zero-order valence-electron chi connectivity index (χ0n) is 14.0. The van der Waals surface area contributed by atoms with Gasteiger partial charge >= 0.3 is 5.97 Å². The van der Waals surface area contributed by atoms with Crippen LogP contribution in [0.3, 0.4) is 0 Å². The molecule has 1 aromatic heterocycles. The third-order valence-corrected chi connectivity index (χ3v) is 3.58. The second-order valence-corrected chi connectivity index (χ2v) is 5.44. The molecule has 0 aliphatic carbocycles. The van der Waals surface area contributed by atoms with Gasteiger partial charge in [0.1, 0.15) is 12.4 Å². The molecule has 0 aliphatic heterocycles. The number of nitro groups is 1. The summed E-state index contributed by atoms with van der Waals surface area (Å²) >= 11 is 0. The summed E-state index contributed by atoms with van der Waals surface area (Å²) in [6, 6.07) is 18.2. The molecule has 0 aliphatic rings. The monoisotopic (exact) mass is 366 g/mol. The number of aromatic nitrogens is 1. The van der Waals surface area contributed by atoms with E-state index in [1.54, 1.807) is 0 Å². The van der Waals surface area contributed by atoms with Crippen molar-refractivity contribution in [2.24, 2.45) is 0 Å². The first kappa shape index (κ1) is 17.9. The highest BCUT2D eigenvalue weighted by molar-refractivity contribution is 5.89. The molecule has 0 atom stereocenters. The van der Waals surface area contributed by atoms with Crippen molar-refractivity contribution in [3.63, 3.8) is 0 Å². The van der Waals surface area contributed by atoms with Gasteiger partial charge in [-0.25, -0.2) is 4.79 Å². The van der Waals surface area contributed by atoms with Crippen LogP contribution >= 0.6 is 0 Å². The van der Waals surface area contributed by atoms with Crippen LogP contribution in [0.25, 0.3) is 0 Å². The largest absolute Gasteiger partial charge is 0.422 e. The number of hydrogen-bond acceptors (Lipinski definition) is 6. The highest BCUT2D eigenvalue weighted by Crippen LogP contribution is 2.18. The Morgan fingerprint density at radius 2 is 1.67 bits per heavy atom. The van der Waals surface area contributed by atoms with Crippen LogP contribution in [-0.4, -0.2) is 15.6 Å². The third-order valence-electron chi connectivity index (χ3n) is 3.58. The number of benzene rings is 2. The van der Waals surface area contributed by atoms with Gasteiger partial charge in [-0.05, 0) is 23.8 Å². The number of nitro benzene ring substituents is 1. The Balaban J connectivity index is 1.79. The van der Waals surface area contributed by atoms with Gasteiger partial charge in [0.25, 0.3) is 11.2 Å². The molecule has 0 N–H and O–H groups in total. The molecule has 0 saturated heterocycles. The molecule has 0 unspecified atom stereocenters. The average Bonchev–Trinajstić information content (AvgIpc) is 2.68. The summed E-state index contributed by atoms with van der Waals surface area (Å²) in [4.78, 5) is 40.1. The van der Waals surface area contributed by atoms with E-state index >= 15 is 0 Å². The zero-order valence-corrected chi connectivity index (χ0v) is 14.0. The van der Waals surface area contributed by atoms with Gasteiger partial charge in [-0.3, -0.25) is 14.9 Å². The van der Waals surface area contributed by atoms with Crippen LogP contribution in [0.5, 0.6) is 5.75 Å². The number of carbonyl (C=O) groups is 1. The van der Waals surface area contributed by atoms with E-state index in [-0.39, 0.29) is 23.7 Å². The van der Waals surface area contributed by atoms with Gasteiger partial charge < -0.3 is 9.57 Å². The van der Waals surface area contributed by atoms with Crippen LogP contribution in [0.1, 0.15) is 16.1 Å². The number of nitrogens with zero attached hydrogens (tertiary/aromatic N) is 2. The Morgan fingerprint density at radius 1 is 0.963 bits per heavy atom. The lowest BCUT2D eigenvalue weighted by atomic mass is 10.2. The van der Waals surface area contributed by atoms with Crippen molar-refractivity contribution >= 4 is 11.7 Å². The molecule has 0 fully saturated rings. The molecule has 8 nitrogen and oxygen atoms in total. The molecule has 0 spiro atoms. The Hall–Kier alpha value is -3.94. The van der Waals surface area contributed by atoms with Crippen LogP contribution in [0.4, 0.5) is 5.69 Å². The first-order chi connectivity index (χ1) is 13.0. The van der Waals surface area contributed by atoms with Crippen molar-refractivity contribution in [3.8, 4) is 5.75 Å². The summed E-state index contributed by atoms with van der Waals surface area (Å²) in [7, 11) is 0. The molecule has 0 saturated carbocycles. The van der Waals surface area contributed by atoms with Crippen molar-refractivity contribution in [2.75, 3.05) is 0 Å². The van der Waals surface area contributed by atoms with Gasteiger partial charge in [0.2, 0.25) is 0 Å². The van der Waals surface area contributed by atoms with E-state index in [4.69, 9.17) is 9.57 Å². The molecule has 3 aromatic rings. The zero-order chi connectivity index (χ0) is 19.2. The third kappa shape index (κ3) is 4.37. The van der Waals surface area contributed by atoms with E-state index in [0.717, 1.165) is 10.3 Å². The van der Waals surface area contributed by atoms with E-state index < -0.39 is 16.5 Å². The molecule has 1 heterocycles. The molecule has 0 bridgehead atoms. The van der Waals surface area contributed by atoms with Crippen LogP contribution in [-0.2, 0) is 6.61 Å². The summed E-state index contributed by atoms with van der Waals surface area (Å²) in [5.41, 5.74) is 0.0708. The van der Waals surface area contributed by atoms with E-state index in [1.807, 2.05) is 30.3 Å². The first-order valence-corrected chi connectivity index (χ1v) is 7.90. The Kier molecular flexibility index (Phi) is 5.27. The highest BCUT2D eigenvalue weighted by Gasteiger charge is 2.16. The summed E-state index contributed by atoms with van der Waals surface area (Å²) in [5.74, 6) is -0.717. The van der Waals surface area contributed by atoms with Gasteiger partial charge in [-0.2, -0.15) is 0 Å². The maximum atomic E-state index is 12.4. The molecule has 136 valence electrons. The standard InChI is InChI=1S/C19H14N2O6/c22-18-8-4-7-17(20(18)26-13-14-5-2-1-3-6-14)19(23)27-16-11-9-15(10-12-16)21(24)25/h1-12H,13H2. The molecule has 27 heavy (non-hydrogen) atoms. The van der Waals surface area contributed by atoms with Crippen molar-refractivity contribution < 1.29 is 19.3 Å². The molecular formula is C19H14N2O6. The molecule has 8 heteroatoms. The van der Waals surface area contributed by atoms with Crippen LogP contribution in [0, 0.1) is 10.1 Å². The minimum absolute atomic E-state index is 0.0859. The molecular weight excluding hydrogens is 352 g/mol. The number of pyridine rings is 1. The molecule has 0 radical (unpaired) electrons. The fourth-order valence-corrected chi connectivity index (χ4v) is 2.27. The Labute approximate surface area is 153 Å². The fraction of sp³-hybridized carbons (Fsp3) is 0.0526. The number of esters is 1. The van der Waals surface area contributed by atoms with Gasteiger partial charge in [-0.1, -0.05) is 36.4 Å². The normalized spacial score (nSPS) is 10.2. The van der Waals surface area contributed by atoms with Crippen LogP contribution in [0.2, 0.25) is 0 Å².